The quantitative estimate of drug-likeness (QED) is 0.512. The van der Waals surface area contributed by atoms with Crippen molar-refractivity contribution < 1.29 is 14.6 Å². The number of hydrogen-bond donors (Lipinski definition) is 0. The molecule has 0 saturated carbocycles. The Morgan fingerprint density at radius 1 is 1.40 bits per heavy atom. The molecular weight excluding hydrogens is 134 g/mol. The first-order valence-corrected chi connectivity index (χ1v) is 3.39. The summed E-state index contributed by atoms with van der Waals surface area (Å²) in [5.74, 6) is 0. The van der Waals surface area contributed by atoms with E-state index in [0.717, 1.165) is 26.3 Å². The molecule has 0 amide bonds. The summed E-state index contributed by atoms with van der Waals surface area (Å²) in [4.78, 5) is 2.06. The van der Waals surface area contributed by atoms with E-state index in [4.69, 9.17) is 4.74 Å². The zero-order valence-corrected chi connectivity index (χ0v) is 5.91. The minimum atomic E-state index is -0.447. The maximum Gasteiger partial charge on any atom is 0.182 e. The molecule has 0 aliphatic carbocycles. The van der Waals surface area contributed by atoms with Crippen LogP contribution < -0.4 is 0 Å². The summed E-state index contributed by atoms with van der Waals surface area (Å²) in [5, 5.41) is 9.89. The summed E-state index contributed by atoms with van der Waals surface area (Å²) < 4.78 is 9.79. The molecule has 1 rings (SSSR count). The van der Waals surface area contributed by atoms with Gasteiger partial charge in [-0.2, -0.15) is 0 Å². The average molecular weight is 146 g/mol. The Hall–Kier alpha value is -0.160. The van der Waals surface area contributed by atoms with Gasteiger partial charge in [0.25, 0.3) is 0 Å². The van der Waals surface area contributed by atoms with Crippen molar-refractivity contribution >= 4 is 0 Å². The summed E-state index contributed by atoms with van der Waals surface area (Å²) in [6.45, 7) is 3.26. The van der Waals surface area contributed by atoms with Crippen LogP contribution in [0.15, 0.2) is 0 Å². The molecule has 10 heavy (non-hydrogen) atoms. The molecule has 0 aromatic rings. The number of hydrogen-bond acceptors (Lipinski definition) is 3. The van der Waals surface area contributed by atoms with Crippen molar-refractivity contribution in [2.75, 3.05) is 39.8 Å². The highest BCUT2D eigenvalue weighted by Crippen LogP contribution is 1.95. The molecule has 1 fully saturated rings. The average Bonchev–Trinajstić information content (AvgIpc) is 2.03. The highest BCUT2D eigenvalue weighted by molar-refractivity contribution is 4.56. The Bertz CT molecular complexity index is 83.1. The molecule has 4 nitrogen and oxygen atoms in total. The minimum Gasteiger partial charge on any atom is -0.379 e. The van der Waals surface area contributed by atoms with Gasteiger partial charge in [0.1, 0.15) is 6.73 Å². The van der Waals surface area contributed by atoms with Gasteiger partial charge in [-0.3, -0.25) is 4.90 Å². The second kappa shape index (κ2) is 4.62. The normalized spacial score (nSPS) is 21.3. The van der Waals surface area contributed by atoms with Crippen LogP contribution in [-0.4, -0.2) is 44.7 Å². The van der Waals surface area contributed by atoms with Crippen LogP contribution in [0.1, 0.15) is 0 Å². The van der Waals surface area contributed by atoms with Crippen LogP contribution in [0.4, 0.5) is 0 Å². The van der Waals surface area contributed by atoms with Crippen molar-refractivity contribution in [3.63, 3.8) is 0 Å². The topological polar surface area (TPSA) is 41.6 Å². The number of rotatable bonds is 3. The Morgan fingerprint density at radius 3 is 2.70 bits per heavy atom. The summed E-state index contributed by atoms with van der Waals surface area (Å²) in [5.41, 5.74) is 0. The Morgan fingerprint density at radius 2 is 2.10 bits per heavy atom. The van der Waals surface area contributed by atoms with Gasteiger partial charge in [-0.25, -0.2) is 5.11 Å². The van der Waals surface area contributed by atoms with Gasteiger partial charge in [0.15, 0.2) is 6.79 Å². The first-order valence-electron chi connectivity index (χ1n) is 3.39. The van der Waals surface area contributed by atoms with Crippen molar-refractivity contribution in [1.82, 2.24) is 4.90 Å². The maximum absolute atomic E-state index is 9.89. The Labute approximate surface area is 60.3 Å². The SMILES string of the molecule is [O]COCN1CCOCC1. The first-order chi connectivity index (χ1) is 4.93. The summed E-state index contributed by atoms with van der Waals surface area (Å²) in [7, 11) is 0. The lowest BCUT2D eigenvalue weighted by Gasteiger charge is -2.25. The molecule has 0 aromatic heterocycles. The molecule has 1 saturated heterocycles. The fraction of sp³-hybridized carbons (Fsp3) is 1.00. The molecule has 1 aliphatic heterocycles. The zero-order chi connectivity index (χ0) is 7.23. The van der Waals surface area contributed by atoms with Crippen molar-refractivity contribution in [1.29, 1.82) is 0 Å². The highest BCUT2D eigenvalue weighted by atomic mass is 16.6. The lowest BCUT2D eigenvalue weighted by molar-refractivity contribution is -0.101. The molecule has 1 aliphatic rings. The van der Waals surface area contributed by atoms with Gasteiger partial charge < -0.3 is 9.47 Å². The van der Waals surface area contributed by atoms with Gasteiger partial charge in [0, 0.05) is 13.1 Å². The second-order valence-electron chi connectivity index (χ2n) is 2.18. The van der Waals surface area contributed by atoms with Crippen molar-refractivity contribution in [2.24, 2.45) is 0 Å². The fourth-order valence-electron chi connectivity index (χ4n) is 0.897. The number of nitrogens with zero attached hydrogens (tertiary/aromatic N) is 1. The molecule has 0 unspecified atom stereocenters. The molecular formula is C6H12NO3. The fourth-order valence-corrected chi connectivity index (χ4v) is 0.897. The molecule has 0 spiro atoms. The third kappa shape index (κ3) is 2.62. The van der Waals surface area contributed by atoms with Crippen LogP contribution in [0, 0.1) is 0 Å². The monoisotopic (exact) mass is 146 g/mol. The van der Waals surface area contributed by atoms with E-state index in [2.05, 4.69) is 9.64 Å². The summed E-state index contributed by atoms with van der Waals surface area (Å²) in [6.07, 6.45) is 0. The van der Waals surface area contributed by atoms with Crippen LogP contribution in [0.25, 0.3) is 0 Å². The Balaban J connectivity index is 2.02. The minimum absolute atomic E-state index is 0.447. The zero-order valence-electron chi connectivity index (χ0n) is 5.91. The standard InChI is InChI=1S/C6H12NO3/c8-6-10-5-7-1-3-9-4-2-7/h1-6H2. The maximum atomic E-state index is 9.89. The van der Waals surface area contributed by atoms with Crippen molar-refractivity contribution in [3.8, 4) is 0 Å². The second-order valence-corrected chi connectivity index (χ2v) is 2.18. The number of morpholine rings is 1. The van der Waals surface area contributed by atoms with Gasteiger partial charge in [-0.15, -0.1) is 0 Å². The lowest BCUT2D eigenvalue weighted by Crippen LogP contribution is -2.37. The van der Waals surface area contributed by atoms with E-state index in [0.29, 0.717) is 6.73 Å². The van der Waals surface area contributed by atoms with Crippen LogP contribution in [-0.2, 0) is 14.6 Å². The van der Waals surface area contributed by atoms with Gasteiger partial charge >= 0.3 is 0 Å². The molecule has 1 heterocycles. The van der Waals surface area contributed by atoms with Gasteiger partial charge in [0.05, 0.1) is 13.2 Å². The van der Waals surface area contributed by atoms with Gasteiger partial charge in [-0.05, 0) is 0 Å². The van der Waals surface area contributed by atoms with E-state index in [1.807, 2.05) is 0 Å². The van der Waals surface area contributed by atoms with Crippen molar-refractivity contribution in [2.45, 2.75) is 0 Å². The van der Waals surface area contributed by atoms with Crippen LogP contribution >= 0.6 is 0 Å². The van der Waals surface area contributed by atoms with Gasteiger partial charge in [-0.1, -0.05) is 0 Å². The molecule has 59 valence electrons. The predicted octanol–water partition coefficient (Wildman–Crippen LogP) is -0.319. The molecule has 0 aromatic carbocycles. The smallest absolute Gasteiger partial charge is 0.182 e. The lowest BCUT2D eigenvalue weighted by atomic mass is 10.5. The van der Waals surface area contributed by atoms with Crippen LogP contribution in [0.2, 0.25) is 0 Å². The molecule has 0 N–H and O–H groups in total. The summed E-state index contributed by atoms with van der Waals surface area (Å²) in [6, 6.07) is 0. The van der Waals surface area contributed by atoms with Crippen molar-refractivity contribution in [3.05, 3.63) is 0 Å². The van der Waals surface area contributed by atoms with E-state index >= 15 is 0 Å². The third-order valence-electron chi connectivity index (χ3n) is 1.46. The molecule has 0 atom stereocenters. The molecule has 1 radical (unpaired) electrons. The van der Waals surface area contributed by atoms with E-state index in [-0.39, 0.29) is 0 Å². The van der Waals surface area contributed by atoms with Crippen LogP contribution in [0.5, 0.6) is 0 Å². The van der Waals surface area contributed by atoms with E-state index < -0.39 is 6.79 Å². The molecule has 4 heteroatoms. The number of ether oxygens (including phenoxy) is 2. The predicted molar refractivity (Wildman–Crippen MR) is 33.9 cm³/mol. The third-order valence-corrected chi connectivity index (χ3v) is 1.46. The largest absolute Gasteiger partial charge is 0.379 e. The van der Waals surface area contributed by atoms with E-state index in [9.17, 15) is 5.11 Å². The van der Waals surface area contributed by atoms with E-state index in [1.165, 1.54) is 0 Å². The van der Waals surface area contributed by atoms with Crippen LogP contribution in [0.3, 0.4) is 0 Å². The first kappa shape index (κ1) is 7.94. The highest BCUT2D eigenvalue weighted by Gasteiger charge is 2.08. The summed E-state index contributed by atoms with van der Waals surface area (Å²) >= 11 is 0. The van der Waals surface area contributed by atoms with E-state index in [1.54, 1.807) is 0 Å². The Kier molecular flexibility index (Phi) is 3.67. The molecule has 0 bridgehead atoms. The van der Waals surface area contributed by atoms with Gasteiger partial charge in [0.2, 0.25) is 0 Å².